The van der Waals surface area contributed by atoms with Crippen molar-refractivity contribution in [1.82, 2.24) is 9.62 Å². The number of nitrogens with zero attached hydrogens (tertiary/aromatic N) is 1. The normalized spacial score (nSPS) is 18.9. The minimum atomic E-state index is -3.03. The molecule has 1 saturated heterocycles. The minimum absolute atomic E-state index is 0.253. The van der Waals surface area contributed by atoms with E-state index >= 15 is 0 Å². The van der Waals surface area contributed by atoms with Crippen LogP contribution in [0.25, 0.3) is 0 Å². The van der Waals surface area contributed by atoms with Gasteiger partial charge < -0.3 is 11.1 Å². The van der Waals surface area contributed by atoms with Gasteiger partial charge in [0.1, 0.15) is 0 Å². The van der Waals surface area contributed by atoms with Gasteiger partial charge in [0.25, 0.3) is 0 Å². The summed E-state index contributed by atoms with van der Waals surface area (Å²) >= 11 is 0. The van der Waals surface area contributed by atoms with Crippen molar-refractivity contribution in [3.8, 4) is 0 Å². The molecule has 0 aliphatic carbocycles. The van der Waals surface area contributed by atoms with E-state index in [2.05, 4.69) is 5.32 Å². The Kier molecular flexibility index (Phi) is 6.04. The molecule has 0 radical (unpaired) electrons. The smallest absolute Gasteiger partial charge is 0.217 e. The van der Waals surface area contributed by atoms with Crippen molar-refractivity contribution < 1.29 is 13.2 Å². The molecule has 0 aromatic heterocycles. The molecule has 1 amide bonds. The summed E-state index contributed by atoms with van der Waals surface area (Å²) < 4.78 is 24.2. The molecule has 1 fully saturated rings. The second-order valence-corrected chi connectivity index (χ2v) is 6.80. The van der Waals surface area contributed by atoms with Gasteiger partial charge in [0.05, 0.1) is 6.26 Å². The van der Waals surface area contributed by atoms with Crippen LogP contribution in [0.4, 0.5) is 0 Å². The second kappa shape index (κ2) is 7.06. The first kappa shape index (κ1) is 15.4. The van der Waals surface area contributed by atoms with E-state index in [1.807, 2.05) is 0 Å². The third-order valence-electron chi connectivity index (χ3n) is 3.21. The number of amides is 1. The average Bonchev–Trinajstić information content (AvgIpc) is 2.27. The van der Waals surface area contributed by atoms with Crippen LogP contribution in [0.1, 0.15) is 32.1 Å². The molecule has 1 aliphatic heterocycles. The lowest BCUT2D eigenvalue weighted by atomic mass is 10.1. The van der Waals surface area contributed by atoms with Crippen LogP contribution in [0.3, 0.4) is 0 Å². The maximum absolute atomic E-state index is 11.3. The molecule has 0 atom stereocenters. The molecule has 1 aliphatic rings. The molecule has 1 rings (SSSR count). The Morgan fingerprint density at radius 2 is 1.94 bits per heavy atom. The van der Waals surface area contributed by atoms with Crippen LogP contribution in [-0.4, -0.2) is 50.6 Å². The van der Waals surface area contributed by atoms with Crippen LogP contribution >= 0.6 is 0 Å². The number of nitrogens with one attached hydrogen (secondary N) is 1. The molecule has 0 spiro atoms. The lowest BCUT2D eigenvalue weighted by Crippen LogP contribution is -2.44. The maximum Gasteiger partial charge on any atom is 0.217 e. The summed E-state index contributed by atoms with van der Waals surface area (Å²) in [4.78, 5) is 10.5. The predicted octanol–water partition coefficient (Wildman–Crippen LogP) is -0.344. The van der Waals surface area contributed by atoms with Gasteiger partial charge in [-0.25, -0.2) is 12.7 Å². The van der Waals surface area contributed by atoms with E-state index in [9.17, 15) is 13.2 Å². The van der Waals surface area contributed by atoms with Gasteiger partial charge in [0.15, 0.2) is 0 Å². The zero-order valence-corrected chi connectivity index (χ0v) is 11.7. The molecule has 0 aromatic rings. The summed E-state index contributed by atoms with van der Waals surface area (Å²) in [6.45, 7) is 2.05. The fourth-order valence-corrected chi connectivity index (χ4v) is 3.00. The molecular formula is C11H23N3O3S. The van der Waals surface area contributed by atoms with E-state index < -0.39 is 10.0 Å². The van der Waals surface area contributed by atoms with Crippen LogP contribution < -0.4 is 11.1 Å². The fraction of sp³-hybridized carbons (Fsp3) is 0.909. The second-order valence-electron chi connectivity index (χ2n) is 4.81. The quantitative estimate of drug-likeness (QED) is 0.622. The van der Waals surface area contributed by atoms with Crippen LogP contribution in [-0.2, 0) is 14.8 Å². The van der Waals surface area contributed by atoms with Crippen molar-refractivity contribution in [3.63, 3.8) is 0 Å². The van der Waals surface area contributed by atoms with Crippen molar-refractivity contribution in [2.75, 3.05) is 25.9 Å². The molecular weight excluding hydrogens is 254 g/mol. The number of nitrogens with two attached hydrogens (primary N) is 1. The zero-order valence-electron chi connectivity index (χ0n) is 10.9. The number of hydrogen-bond acceptors (Lipinski definition) is 4. The van der Waals surface area contributed by atoms with Crippen molar-refractivity contribution in [3.05, 3.63) is 0 Å². The van der Waals surface area contributed by atoms with E-state index in [4.69, 9.17) is 5.73 Å². The molecule has 18 heavy (non-hydrogen) atoms. The average molecular weight is 277 g/mol. The highest BCUT2D eigenvalue weighted by atomic mass is 32.2. The topological polar surface area (TPSA) is 92.5 Å². The monoisotopic (exact) mass is 277 g/mol. The van der Waals surface area contributed by atoms with Crippen LogP contribution in [0, 0.1) is 0 Å². The van der Waals surface area contributed by atoms with E-state index in [1.54, 1.807) is 0 Å². The Morgan fingerprint density at radius 3 is 2.44 bits per heavy atom. The minimum Gasteiger partial charge on any atom is -0.370 e. The summed E-state index contributed by atoms with van der Waals surface area (Å²) in [5.74, 6) is -0.253. The molecule has 0 saturated carbocycles. The molecule has 7 heteroatoms. The molecule has 0 bridgehead atoms. The number of piperidine rings is 1. The van der Waals surface area contributed by atoms with E-state index in [-0.39, 0.29) is 5.91 Å². The largest absolute Gasteiger partial charge is 0.370 e. The fourth-order valence-electron chi connectivity index (χ4n) is 2.12. The molecule has 1 heterocycles. The number of carbonyl (C=O) groups excluding carboxylic acids is 1. The molecule has 6 nitrogen and oxygen atoms in total. The molecule has 0 aromatic carbocycles. The standard InChI is InChI=1S/C11H23N3O3S/c1-18(16,17)14-8-5-10(6-9-14)13-7-3-2-4-11(12)15/h10,13H,2-9H2,1H3,(H2,12,15). The summed E-state index contributed by atoms with van der Waals surface area (Å²) in [6, 6.07) is 0.386. The number of hydrogen-bond donors (Lipinski definition) is 2. The molecule has 106 valence electrons. The number of rotatable bonds is 7. The van der Waals surface area contributed by atoms with Gasteiger partial charge in [0.2, 0.25) is 15.9 Å². The predicted molar refractivity (Wildman–Crippen MR) is 70.5 cm³/mol. The first-order chi connectivity index (χ1) is 8.39. The van der Waals surface area contributed by atoms with Crippen LogP contribution in [0.15, 0.2) is 0 Å². The highest BCUT2D eigenvalue weighted by Crippen LogP contribution is 2.13. The molecule has 0 unspecified atom stereocenters. The van der Waals surface area contributed by atoms with Crippen molar-refractivity contribution in [1.29, 1.82) is 0 Å². The van der Waals surface area contributed by atoms with Gasteiger partial charge in [-0.3, -0.25) is 4.79 Å². The Morgan fingerprint density at radius 1 is 1.33 bits per heavy atom. The Bertz CT molecular complexity index is 362. The molecule has 3 N–H and O–H groups in total. The third-order valence-corrected chi connectivity index (χ3v) is 4.51. The number of sulfonamides is 1. The Balaban J connectivity index is 2.11. The van der Waals surface area contributed by atoms with E-state index in [0.29, 0.717) is 25.6 Å². The lowest BCUT2D eigenvalue weighted by Gasteiger charge is -2.30. The van der Waals surface area contributed by atoms with Gasteiger partial charge in [0, 0.05) is 25.6 Å². The van der Waals surface area contributed by atoms with E-state index in [1.165, 1.54) is 10.6 Å². The number of carbonyl (C=O) groups is 1. The van der Waals surface area contributed by atoms with Crippen molar-refractivity contribution in [2.45, 2.75) is 38.1 Å². The van der Waals surface area contributed by atoms with Gasteiger partial charge in [-0.05, 0) is 32.2 Å². The lowest BCUT2D eigenvalue weighted by molar-refractivity contribution is -0.118. The highest BCUT2D eigenvalue weighted by Gasteiger charge is 2.24. The van der Waals surface area contributed by atoms with Gasteiger partial charge in [-0.1, -0.05) is 0 Å². The van der Waals surface area contributed by atoms with Gasteiger partial charge in [-0.2, -0.15) is 0 Å². The number of unbranched alkanes of at least 4 members (excludes halogenated alkanes) is 1. The Labute approximate surface area is 109 Å². The first-order valence-corrected chi connectivity index (χ1v) is 8.21. The first-order valence-electron chi connectivity index (χ1n) is 6.36. The summed E-state index contributed by atoms with van der Waals surface area (Å²) in [6.07, 6.45) is 5.13. The summed E-state index contributed by atoms with van der Waals surface area (Å²) in [5.41, 5.74) is 5.05. The SMILES string of the molecule is CS(=O)(=O)N1CCC(NCCCCC(N)=O)CC1. The van der Waals surface area contributed by atoms with Crippen molar-refractivity contribution >= 4 is 15.9 Å². The van der Waals surface area contributed by atoms with Crippen molar-refractivity contribution in [2.24, 2.45) is 5.73 Å². The zero-order chi connectivity index (χ0) is 13.6. The van der Waals surface area contributed by atoms with E-state index in [0.717, 1.165) is 32.2 Å². The summed E-state index contributed by atoms with van der Waals surface area (Å²) in [7, 11) is -3.03. The summed E-state index contributed by atoms with van der Waals surface area (Å²) in [5, 5.41) is 3.39. The Hall–Kier alpha value is -0.660. The third kappa shape index (κ3) is 5.79. The number of primary amides is 1. The van der Waals surface area contributed by atoms with Gasteiger partial charge >= 0.3 is 0 Å². The van der Waals surface area contributed by atoms with Crippen LogP contribution in [0.5, 0.6) is 0 Å². The van der Waals surface area contributed by atoms with Crippen LogP contribution in [0.2, 0.25) is 0 Å². The van der Waals surface area contributed by atoms with Gasteiger partial charge in [-0.15, -0.1) is 0 Å². The highest BCUT2D eigenvalue weighted by molar-refractivity contribution is 7.88. The maximum atomic E-state index is 11.3.